The van der Waals surface area contributed by atoms with E-state index < -0.39 is 6.03 Å². The smallest absolute Gasteiger partial charge is 0.324 e. The van der Waals surface area contributed by atoms with Crippen LogP contribution in [0.2, 0.25) is 0 Å². The normalized spacial score (nSPS) is 13.6. The summed E-state index contributed by atoms with van der Waals surface area (Å²) < 4.78 is 0. The average molecular weight is 401 g/mol. The van der Waals surface area contributed by atoms with Crippen LogP contribution in [-0.2, 0) is 11.3 Å². The third-order valence-electron chi connectivity index (χ3n) is 5.20. The first kappa shape index (κ1) is 19.6. The van der Waals surface area contributed by atoms with Crippen LogP contribution in [0.4, 0.5) is 10.5 Å². The minimum Gasteiger partial charge on any atom is -0.329 e. The van der Waals surface area contributed by atoms with Crippen LogP contribution in [0.1, 0.15) is 29.3 Å². The highest BCUT2D eigenvalue weighted by atomic mass is 16.2. The Balaban J connectivity index is 1.66. The van der Waals surface area contributed by atoms with E-state index in [9.17, 15) is 14.4 Å². The number of hydrogen-bond donors (Lipinski definition) is 1. The van der Waals surface area contributed by atoms with Gasteiger partial charge in [0.2, 0.25) is 5.91 Å². The third-order valence-corrected chi connectivity index (χ3v) is 5.20. The predicted molar refractivity (Wildman–Crippen MR) is 116 cm³/mol. The van der Waals surface area contributed by atoms with E-state index in [0.717, 1.165) is 33.3 Å². The monoisotopic (exact) mass is 401 g/mol. The second kappa shape index (κ2) is 8.37. The van der Waals surface area contributed by atoms with E-state index in [4.69, 9.17) is 0 Å². The van der Waals surface area contributed by atoms with Gasteiger partial charge in [0.1, 0.15) is 0 Å². The molecule has 0 unspecified atom stereocenters. The highest BCUT2D eigenvalue weighted by molar-refractivity contribution is 6.11. The predicted octanol–water partition coefficient (Wildman–Crippen LogP) is 3.95. The topological polar surface area (TPSA) is 69.7 Å². The van der Waals surface area contributed by atoms with Crippen molar-refractivity contribution in [2.24, 2.45) is 0 Å². The Bertz CT molecular complexity index is 1100. The zero-order valence-electron chi connectivity index (χ0n) is 16.8. The Morgan fingerprint density at radius 2 is 1.80 bits per heavy atom. The van der Waals surface area contributed by atoms with E-state index in [1.54, 1.807) is 23.1 Å². The highest BCUT2D eigenvalue weighted by Crippen LogP contribution is 2.28. The molecule has 0 bridgehead atoms. The molecule has 0 radical (unpaired) electrons. The number of imide groups is 1. The maximum absolute atomic E-state index is 13.5. The molecular formula is C24H23N3O3. The molecule has 0 spiro atoms. The van der Waals surface area contributed by atoms with E-state index in [1.165, 1.54) is 0 Å². The first-order valence-corrected chi connectivity index (χ1v) is 10.0. The summed E-state index contributed by atoms with van der Waals surface area (Å²) in [5, 5.41) is 4.62. The average Bonchev–Trinajstić information content (AvgIpc) is 3.09. The van der Waals surface area contributed by atoms with Gasteiger partial charge in [-0.1, -0.05) is 55.5 Å². The molecule has 6 nitrogen and oxygen atoms in total. The number of anilines is 1. The SMILES string of the molecule is CCCN(C(=O)c1cccc(CN2C(=O)CNC2=O)c1)c1cccc2ccccc12. The summed E-state index contributed by atoms with van der Waals surface area (Å²) in [5.41, 5.74) is 2.14. The van der Waals surface area contributed by atoms with Gasteiger partial charge < -0.3 is 10.2 Å². The number of amides is 4. The number of benzene rings is 3. The molecule has 1 heterocycles. The fourth-order valence-corrected chi connectivity index (χ4v) is 3.76. The van der Waals surface area contributed by atoms with E-state index in [1.807, 2.05) is 55.5 Å². The van der Waals surface area contributed by atoms with Crippen molar-refractivity contribution in [3.8, 4) is 0 Å². The lowest BCUT2D eigenvalue weighted by molar-refractivity contribution is -0.125. The summed E-state index contributed by atoms with van der Waals surface area (Å²) >= 11 is 0. The maximum Gasteiger partial charge on any atom is 0.324 e. The Morgan fingerprint density at radius 1 is 1.03 bits per heavy atom. The molecule has 1 aliphatic heterocycles. The second-order valence-corrected chi connectivity index (χ2v) is 7.29. The van der Waals surface area contributed by atoms with Gasteiger partial charge in [0.05, 0.1) is 18.8 Å². The second-order valence-electron chi connectivity index (χ2n) is 7.29. The molecule has 1 saturated heterocycles. The largest absolute Gasteiger partial charge is 0.329 e. The summed E-state index contributed by atoms with van der Waals surface area (Å²) in [5.74, 6) is -0.368. The molecule has 0 atom stereocenters. The Kier molecular flexibility index (Phi) is 5.48. The molecule has 3 aromatic rings. The first-order valence-electron chi connectivity index (χ1n) is 10.0. The molecule has 0 saturated carbocycles. The molecule has 0 aromatic heterocycles. The number of rotatable bonds is 6. The summed E-state index contributed by atoms with van der Waals surface area (Å²) in [6.45, 7) is 2.79. The summed E-state index contributed by atoms with van der Waals surface area (Å²) in [6, 6.07) is 20.7. The van der Waals surface area contributed by atoms with Crippen LogP contribution in [0, 0.1) is 0 Å². The molecule has 1 fully saturated rings. The van der Waals surface area contributed by atoms with Gasteiger partial charge >= 0.3 is 6.03 Å². The van der Waals surface area contributed by atoms with Crippen LogP contribution in [0.25, 0.3) is 10.8 Å². The van der Waals surface area contributed by atoms with Crippen molar-refractivity contribution >= 4 is 34.3 Å². The van der Waals surface area contributed by atoms with Crippen LogP contribution in [0.15, 0.2) is 66.7 Å². The summed E-state index contributed by atoms with van der Waals surface area (Å²) in [7, 11) is 0. The Labute approximate surface area is 175 Å². The van der Waals surface area contributed by atoms with Crippen molar-refractivity contribution in [3.63, 3.8) is 0 Å². The first-order chi connectivity index (χ1) is 14.6. The molecule has 30 heavy (non-hydrogen) atoms. The van der Waals surface area contributed by atoms with Gasteiger partial charge in [-0.3, -0.25) is 14.5 Å². The number of urea groups is 1. The maximum atomic E-state index is 13.5. The van der Waals surface area contributed by atoms with Crippen molar-refractivity contribution in [3.05, 3.63) is 77.9 Å². The van der Waals surface area contributed by atoms with Crippen molar-refractivity contribution < 1.29 is 14.4 Å². The van der Waals surface area contributed by atoms with Gasteiger partial charge in [-0.15, -0.1) is 0 Å². The number of nitrogens with zero attached hydrogens (tertiary/aromatic N) is 2. The molecule has 0 aliphatic carbocycles. The third kappa shape index (κ3) is 3.76. The van der Waals surface area contributed by atoms with E-state index >= 15 is 0 Å². The van der Waals surface area contributed by atoms with Gasteiger partial charge in [-0.2, -0.15) is 0 Å². The number of nitrogens with one attached hydrogen (secondary N) is 1. The quantitative estimate of drug-likeness (QED) is 0.636. The minimum atomic E-state index is -0.403. The lowest BCUT2D eigenvalue weighted by Crippen LogP contribution is -2.32. The molecule has 1 N–H and O–H groups in total. The standard InChI is InChI=1S/C24H23N3O3/c1-2-13-26(21-12-6-9-18-8-3-4-11-20(18)21)23(29)19-10-5-7-17(14-19)16-27-22(28)15-25-24(27)30/h3-12,14H,2,13,15-16H2,1H3,(H,25,30). The van der Waals surface area contributed by atoms with Crippen molar-refractivity contribution in [1.82, 2.24) is 10.2 Å². The number of carbonyl (C=O) groups is 3. The zero-order chi connectivity index (χ0) is 21.1. The molecule has 6 heteroatoms. The lowest BCUT2D eigenvalue weighted by Gasteiger charge is -2.24. The molecule has 4 amide bonds. The van der Waals surface area contributed by atoms with Crippen molar-refractivity contribution in [2.45, 2.75) is 19.9 Å². The van der Waals surface area contributed by atoms with E-state index in [0.29, 0.717) is 12.1 Å². The van der Waals surface area contributed by atoms with Crippen LogP contribution < -0.4 is 10.2 Å². The molecular weight excluding hydrogens is 378 g/mol. The fraction of sp³-hybridized carbons (Fsp3) is 0.208. The van der Waals surface area contributed by atoms with Crippen LogP contribution in [-0.4, -0.2) is 35.8 Å². The summed E-state index contributed by atoms with van der Waals surface area (Å²) in [4.78, 5) is 40.1. The van der Waals surface area contributed by atoms with Crippen molar-refractivity contribution in [1.29, 1.82) is 0 Å². The number of fused-ring (bicyclic) bond motifs is 1. The van der Waals surface area contributed by atoms with Crippen LogP contribution in [0.5, 0.6) is 0 Å². The van der Waals surface area contributed by atoms with Crippen molar-refractivity contribution in [2.75, 3.05) is 18.0 Å². The molecule has 1 aliphatic rings. The van der Waals surface area contributed by atoms with E-state index in [2.05, 4.69) is 5.32 Å². The van der Waals surface area contributed by atoms with Gasteiger partial charge in [-0.05, 0) is 35.6 Å². The molecule has 3 aromatic carbocycles. The van der Waals surface area contributed by atoms with Crippen LogP contribution >= 0.6 is 0 Å². The lowest BCUT2D eigenvalue weighted by atomic mass is 10.1. The van der Waals surface area contributed by atoms with Gasteiger partial charge in [-0.25, -0.2) is 4.79 Å². The number of hydrogen-bond acceptors (Lipinski definition) is 3. The van der Waals surface area contributed by atoms with Gasteiger partial charge in [0, 0.05) is 17.5 Å². The van der Waals surface area contributed by atoms with E-state index in [-0.39, 0.29) is 24.9 Å². The zero-order valence-corrected chi connectivity index (χ0v) is 16.8. The number of carbonyl (C=O) groups excluding carboxylic acids is 3. The molecule has 152 valence electrons. The highest BCUT2D eigenvalue weighted by Gasteiger charge is 2.28. The van der Waals surface area contributed by atoms with Crippen LogP contribution in [0.3, 0.4) is 0 Å². The molecule has 4 rings (SSSR count). The summed E-state index contributed by atoms with van der Waals surface area (Å²) in [6.07, 6.45) is 0.817. The Morgan fingerprint density at radius 3 is 2.57 bits per heavy atom. The van der Waals surface area contributed by atoms with Gasteiger partial charge in [0.15, 0.2) is 0 Å². The van der Waals surface area contributed by atoms with Gasteiger partial charge in [0.25, 0.3) is 5.91 Å². The Hall–Kier alpha value is -3.67. The fourth-order valence-electron chi connectivity index (χ4n) is 3.76. The minimum absolute atomic E-state index is 0.0167.